The Labute approximate surface area is 59.1 Å². The van der Waals surface area contributed by atoms with E-state index in [0.717, 1.165) is 0 Å². The first kappa shape index (κ1) is 9.55. The molecule has 4 nitrogen and oxygen atoms in total. The molecule has 10 heavy (non-hydrogen) atoms. The highest BCUT2D eigenvalue weighted by Gasteiger charge is 2.16. The fourth-order valence-electron chi connectivity index (χ4n) is 0.552. The third-order valence-corrected chi connectivity index (χ3v) is 1.13. The Morgan fingerprint density at radius 1 is 1.40 bits per heavy atom. The molecule has 0 fully saturated rings. The average molecular weight is 148 g/mol. The maximum absolute atomic E-state index is 10.3. The summed E-state index contributed by atoms with van der Waals surface area (Å²) in [4.78, 5) is 10.3. The third-order valence-electron chi connectivity index (χ3n) is 1.13. The standard InChI is InChI=1S/C6H12O4/c1-4(8)2-5(9)6(10)3-7/h5-7,9-10H,2-3H2,1H3/t5-,6?/m1/s1. The second kappa shape index (κ2) is 4.38. The van der Waals surface area contributed by atoms with E-state index in [-0.39, 0.29) is 12.2 Å². The molecule has 0 aliphatic heterocycles. The van der Waals surface area contributed by atoms with E-state index in [9.17, 15) is 4.79 Å². The lowest BCUT2D eigenvalue weighted by Gasteiger charge is -2.12. The number of carbonyl (C=O) groups is 1. The van der Waals surface area contributed by atoms with Crippen LogP contribution in [0, 0.1) is 0 Å². The van der Waals surface area contributed by atoms with Crippen LogP contribution in [-0.2, 0) is 4.79 Å². The summed E-state index contributed by atoms with van der Waals surface area (Å²) in [5, 5.41) is 25.9. The molecule has 0 saturated carbocycles. The molecule has 2 atom stereocenters. The fraction of sp³-hybridized carbons (Fsp3) is 0.833. The van der Waals surface area contributed by atoms with Crippen LogP contribution in [0.25, 0.3) is 0 Å². The highest BCUT2D eigenvalue weighted by Crippen LogP contribution is 1.98. The molecule has 0 rings (SSSR count). The molecular formula is C6H12O4. The lowest BCUT2D eigenvalue weighted by Crippen LogP contribution is -2.30. The van der Waals surface area contributed by atoms with Gasteiger partial charge in [-0.15, -0.1) is 0 Å². The Balaban J connectivity index is 3.61. The maximum Gasteiger partial charge on any atom is 0.132 e. The minimum Gasteiger partial charge on any atom is -0.394 e. The Bertz CT molecular complexity index is 112. The first-order chi connectivity index (χ1) is 4.57. The van der Waals surface area contributed by atoms with Gasteiger partial charge in [-0.1, -0.05) is 0 Å². The highest BCUT2D eigenvalue weighted by molar-refractivity contribution is 5.76. The van der Waals surface area contributed by atoms with Crippen LogP contribution in [0.2, 0.25) is 0 Å². The molecule has 0 aromatic heterocycles. The van der Waals surface area contributed by atoms with Crippen LogP contribution >= 0.6 is 0 Å². The number of Topliss-reactive ketones (excluding diaryl/α,β-unsaturated/α-hetero) is 1. The molecule has 0 aliphatic rings. The van der Waals surface area contributed by atoms with Crippen LogP contribution in [0.5, 0.6) is 0 Å². The molecule has 0 spiro atoms. The summed E-state index contributed by atoms with van der Waals surface area (Å²) in [5.41, 5.74) is 0. The van der Waals surface area contributed by atoms with Gasteiger partial charge < -0.3 is 15.3 Å². The van der Waals surface area contributed by atoms with E-state index in [1.165, 1.54) is 6.92 Å². The zero-order valence-electron chi connectivity index (χ0n) is 5.82. The predicted molar refractivity (Wildman–Crippen MR) is 34.4 cm³/mol. The van der Waals surface area contributed by atoms with E-state index in [0.29, 0.717) is 0 Å². The largest absolute Gasteiger partial charge is 0.394 e. The molecule has 0 radical (unpaired) electrons. The van der Waals surface area contributed by atoms with Gasteiger partial charge in [0.1, 0.15) is 11.9 Å². The monoisotopic (exact) mass is 148 g/mol. The summed E-state index contributed by atoms with van der Waals surface area (Å²) < 4.78 is 0. The Morgan fingerprint density at radius 2 is 1.90 bits per heavy atom. The summed E-state index contributed by atoms with van der Waals surface area (Å²) >= 11 is 0. The second-order valence-corrected chi connectivity index (χ2v) is 2.22. The van der Waals surface area contributed by atoms with Gasteiger partial charge in [-0.25, -0.2) is 0 Å². The Hall–Kier alpha value is -0.450. The average Bonchev–Trinajstić information content (AvgIpc) is 1.85. The zero-order valence-corrected chi connectivity index (χ0v) is 5.82. The van der Waals surface area contributed by atoms with Crippen molar-refractivity contribution in [3.8, 4) is 0 Å². The van der Waals surface area contributed by atoms with E-state index in [1.54, 1.807) is 0 Å². The molecule has 0 aromatic carbocycles. The van der Waals surface area contributed by atoms with Gasteiger partial charge in [0, 0.05) is 6.42 Å². The summed E-state index contributed by atoms with van der Waals surface area (Å²) in [6, 6.07) is 0. The number of aliphatic hydroxyl groups excluding tert-OH is 3. The zero-order chi connectivity index (χ0) is 8.15. The minimum atomic E-state index is -1.20. The normalized spacial score (nSPS) is 16.4. The van der Waals surface area contributed by atoms with Crippen molar-refractivity contribution in [1.29, 1.82) is 0 Å². The summed E-state index contributed by atoms with van der Waals surface area (Å²) in [6.07, 6.45) is -2.45. The van der Waals surface area contributed by atoms with Crippen molar-refractivity contribution in [1.82, 2.24) is 0 Å². The van der Waals surface area contributed by atoms with Crippen molar-refractivity contribution in [3.05, 3.63) is 0 Å². The van der Waals surface area contributed by atoms with Gasteiger partial charge in [0.05, 0.1) is 12.7 Å². The number of rotatable bonds is 4. The Kier molecular flexibility index (Phi) is 4.18. The molecule has 1 unspecified atom stereocenters. The fourth-order valence-corrected chi connectivity index (χ4v) is 0.552. The van der Waals surface area contributed by atoms with E-state index < -0.39 is 18.8 Å². The van der Waals surface area contributed by atoms with Crippen LogP contribution in [0.3, 0.4) is 0 Å². The number of hydrogen-bond acceptors (Lipinski definition) is 4. The van der Waals surface area contributed by atoms with Crippen molar-refractivity contribution in [3.63, 3.8) is 0 Å². The molecule has 0 aromatic rings. The maximum atomic E-state index is 10.3. The van der Waals surface area contributed by atoms with Crippen molar-refractivity contribution in [2.24, 2.45) is 0 Å². The molecule has 0 heterocycles. The second-order valence-electron chi connectivity index (χ2n) is 2.22. The van der Waals surface area contributed by atoms with E-state index >= 15 is 0 Å². The first-order valence-corrected chi connectivity index (χ1v) is 3.04. The van der Waals surface area contributed by atoms with Crippen molar-refractivity contribution in [2.75, 3.05) is 6.61 Å². The summed E-state index contributed by atoms with van der Waals surface area (Å²) in [7, 11) is 0. The topological polar surface area (TPSA) is 77.8 Å². The SMILES string of the molecule is CC(=O)C[C@@H](O)C(O)CO. The number of aliphatic hydroxyl groups is 3. The molecule has 60 valence electrons. The molecular weight excluding hydrogens is 136 g/mol. The third kappa shape index (κ3) is 3.55. The van der Waals surface area contributed by atoms with Crippen molar-refractivity contribution >= 4 is 5.78 Å². The van der Waals surface area contributed by atoms with Gasteiger partial charge in [-0.05, 0) is 6.92 Å². The Morgan fingerprint density at radius 3 is 2.20 bits per heavy atom. The van der Waals surface area contributed by atoms with Crippen LogP contribution in [0.1, 0.15) is 13.3 Å². The molecule has 0 bridgehead atoms. The van der Waals surface area contributed by atoms with E-state index in [4.69, 9.17) is 15.3 Å². The van der Waals surface area contributed by atoms with E-state index in [2.05, 4.69) is 0 Å². The first-order valence-electron chi connectivity index (χ1n) is 3.04. The van der Waals surface area contributed by atoms with Gasteiger partial charge in [-0.2, -0.15) is 0 Å². The van der Waals surface area contributed by atoms with Crippen molar-refractivity contribution in [2.45, 2.75) is 25.6 Å². The highest BCUT2D eigenvalue weighted by atomic mass is 16.4. The van der Waals surface area contributed by atoms with Gasteiger partial charge in [0.2, 0.25) is 0 Å². The molecule has 3 N–H and O–H groups in total. The van der Waals surface area contributed by atoms with Crippen LogP contribution in [0.4, 0.5) is 0 Å². The van der Waals surface area contributed by atoms with Crippen molar-refractivity contribution < 1.29 is 20.1 Å². The van der Waals surface area contributed by atoms with Gasteiger partial charge in [-0.3, -0.25) is 4.79 Å². The number of carbonyl (C=O) groups excluding carboxylic acids is 1. The quantitative estimate of drug-likeness (QED) is 0.462. The molecule has 0 amide bonds. The number of hydrogen-bond donors (Lipinski definition) is 3. The predicted octanol–water partition coefficient (Wildman–Crippen LogP) is -1.32. The molecule has 4 heteroatoms. The van der Waals surface area contributed by atoms with E-state index in [1.807, 2.05) is 0 Å². The smallest absolute Gasteiger partial charge is 0.132 e. The summed E-state index contributed by atoms with van der Waals surface area (Å²) in [5.74, 6) is -0.208. The molecule has 0 aliphatic carbocycles. The van der Waals surface area contributed by atoms with Gasteiger partial charge in [0.15, 0.2) is 0 Å². The number of ketones is 1. The van der Waals surface area contributed by atoms with Crippen LogP contribution in [0.15, 0.2) is 0 Å². The minimum absolute atomic E-state index is 0.109. The summed E-state index contributed by atoms with van der Waals surface area (Å²) in [6.45, 7) is 0.793. The van der Waals surface area contributed by atoms with Crippen LogP contribution < -0.4 is 0 Å². The van der Waals surface area contributed by atoms with Gasteiger partial charge >= 0.3 is 0 Å². The van der Waals surface area contributed by atoms with Gasteiger partial charge in [0.25, 0.3) is 0 Å². The molecule has 0 saturated heterocycles. The lowest BCUT2D eigenvalue weighted by molar-refractivity contribution is -0.121. The lowest BCUT2D eigenvalue weighted by atomic mass is 10.1. The van der Waals surface area contributed by atoms with Crippen LogP contribution in [-0.4, -0.2) is 39.9 Å².